The summed E-state index contributed by atoms with van der Waals surface area (Å²) >= 11 is 0. The summed E-state index contributed by atoms with van der Waals surface area (Å²) in [5.41, 5.74) is 6.42. The lowest BCUT2D eigenvalue weighted by atomic mass is 9.97. The average molecular weight is 416 g/mol. The standard InChI is InChI=1S/C19H19F3N8/c1-28-10-12(8-24-28)29-7-3-4-11(9-29)16-26-17-15-13(19(20,21)22)5-2-6-14(15)25-18(23)30(17)27-16/h2,5-6,8,10-11H,3-4,7,9H2,1H3,(H2,23,25). The van der Waals surface area contributed by atoms with Gasteiger partial charge in [-0.3, -0.25) is 4.68 Å². The van der Waals surface area contributed by atoms with E-state index >= 15 is 0 Å². The van der Waals surface area contributed by atoms with E-state index in [1.807, 2.05) is 13.2 Å². The fourth-order valence-electron chi connectivity index (χ4n) is 4.09. The van der Waals surface area contributed by atoms with Crippen molar-refractivity contribution >= 4 is 28.2 Å². The Labute approximate surface area is 169 Å². The van der Waals surface area contributed by atoms with Crippen LogP contribution in [0.5, 0.6) is 0 Å². The normalized spacial score (nSPS) is 17.9. The number of hydrogen-bond acceptors (Lipinski definition) is 6. The van der Waals surface area contributed by atoms with Crippen molar-refractivity contribution in [3.8, 4) is 0 Å². The van der Waals surface area contributed by atoms with Crippen LogP contribution in [0.15, 0.2) is 30.6 Å². The molecule has 1 aromatic carbocycles. The Balaban J connectivity index is 1.61. The Morgan fingerprint density at radius 2 is 2.03 bits per heavy atom. The van der Waals surface area contributed by atoms with Gasteiger partial charge in [-0.2, -0.15) is 22.8 Å². The third-order valence-corrected chi connectivity index (χ3v) is 5.49. The number of benzene rings is 1. The predicted molar refractivity (Wildman–Crippen MR) is 105 cm³/mol. The van der Waals surface area contributed by atoms with Crippen molar-refractivity contribution in [1.82, 2.24) is 29.4 Å². The van der Waals surface area contributed by atoms with Crippen LogP contribution < -0.4 is 10.6 Å². The quantitative estimate of drug-likeness (QED) is 0.540. The van der Waals surface area contributed by atoms with Gasteiger partial charge in [-0.25, -0.2) is 9.97 Å². The molecule has 1 aliphatic heterocycles. The van der Waals surface area contributed by atoms with Gasteiger partial charge in [0.1, 0.15) is 0 Å². The molecule has 0 amide bonds. The third kappa shape index (κ3) is 3.01. The number of nitrogens with zero attached hydrogens (tertiary/aromatic N) is 7. The number of piperidine rings is 1. The fourth-order valence-corrected chi connectivity index (χ4v) is 4.09. The van der Waals surface area contributed by atoms with Crippen molar-refractivity contribution in [2.24, 2.45) is 7.05 Å². The van der Waals surface area contributed by atoms with Crippen molar-refractivity contribution in [3.63, 3.8) is 0 Å². The Hall–Kier alpha value is -3.37. The smallest absolute Gasteiger partial charge is 0.368 e. The molecule has 11 heteroatoms. The first-order valence-electron chi connectivity index (χ1n) is 9.57. The summed E-state index contributed by atoms with van der Waals surface area (Å²) in [4.78, 5) is 10.8. The van der Waals surface area contributed by atoms with E-state index in [1.54, 1.807) is 10.9 Å². The second-order valence-corrected chi connectivity index (χ2v) is 7.53. The van der Waals surface area contributed by atoms with Crippen LogP contribution in [0.1, 0.15) is 30.1 Å². The SMILES string of the molecule is Cn1cc(N2CCCC(c3nc4c5c(C(F)(F)F)cccc5nc(N)n4n3)C2)cn1. The van der Waals surface area contributed by atoms with Gasteiger partial charge in [0.15, 0.2) is 11.5 Å². The zero-order valence-electron chi connectivity index (χ0n) is 16.1. The molecule has 0 bridgehead atoms. The van der Waals surface area contributed by atoms with Crippen molar-refractivity contribution in [2.45, 2.75) is 24.9 Å². The molecule has 4 heterocycles. The molecule has 0 aliphatic carbocycles. The molecule has 0 radical (unpaired) electrons. The number of rotatable bonds is 2. The second-order valence-electron chi connectivity index (χ2n) is 7.53. The van der Waals surface area contributed by atoms with Crippen LogP contribution >= 0.6 is 0 Å². The topological polar surface area (TPSA) is 90.2 Å². The van der Waals surface area contributed by atoms with Crippen LogP contribution in [0.2, 0.25) is 0 Å². The largest absolute Gasteiger partial charge is 0.417 e. The Morgan fingerprint density at radius 1 is 1.20 bits per heavy atom. The highest BCUT2D eigenvalue weighted by Crippen LogP contribution is 2.37. The fraction of sp³-hybridized carbons (Fsp3) is 0.368. The summed E-state index contributed by atoms with van der Waals surface area (Å²) in [5.74, 6) is 0.448. The first-order chi connectivity index (χ1) is 14.3. The third-order valence-electron chi connectivity index (χ3n) is 5.49. The van der Waals surface area contributed by atoms with Crippen molar-refractivity contribution < 1.29 is 13.2 Å². The summed E-state index contributed by atoms with van der Waals surface area (Å²) < 4.78 is 43.8. The van der Waals surface area contributed by atoms with Gasteiger partial charge in [-0.15, -0.1) is 5.10 Å². The van der Waals surface area contributed by atoms with Crippen LogP contribution in [0.3, 0.4) is 0 Å². The molecule has 1 saturated heterocycles. The minimum Gasteiger partial charge on any atom is -0.368 e. The zero-order valence-corrected chi connectivity index (χ0v) is 16.1. The number of nitrogen functional groups attached to an aromatic ring is 1. The average Bonchev–Trinajstić information content (AvgIpc) is 3.34. The molecule has 1 atom stereocenters. The van der Waals surface area contributed by atoms with Crippen molar-refractivity contribution in [2.75, 3.05) is 23.7 Å². The summed E-state index contributed by atoms with van der Waals surface area (Å²) in [6.07, 6.45) is 0.948. The van der Waals surface area contributed by atoms with E-state index < -0.39 is 11.7 Å². The van der Waals surface area contributed by atoms with Crippen molar-refractivity contribution in [1.29, 1.82) is 0 Å². The van der Waals surface area contributed by atoms with Gasteiger partial charge in [-0.1, -0.05) is 6.07 Å². The predicted octanol–water partition coefficient (Wildman–Crippen LogP) is 3.00. The maximum atomic E-state index is 13.6. The highest BCUT2D eigenvalue weighted by atomic mass is 19.4. The van der Waals surface area contributed by atoms with Gasteiger partial charge in [0.05, 0.1) is 28.4 Å². The molecule has 1 fully saturated rings. The van der Waals surface area contributed by atoms with Crippen LogP contribution in [-0.2, 0) is 13.2 Å². The molecule has 0 saturated carbocycles. The summed E-state index contributed by atoms with van der Waals surface area (Å²) in [6, 6.07) is 3.84. The first kappa shape index (κ1) is 18.6. The zero-order chi connectivity index (χ0) is 21.0. The highest BCUT2D eigenvalue weighted by Gasteiger charge is 2.35. The van der Waals surface area contributed by atoms with Crippen molar-refractivity contribution in [3.05, 3.63) is 42.0 Å². The molecule has 1 aliphatic rings. The molecule has 0 spiro atoms. The van der Waals surface area contributed by atoms with Crippen LogP contribution in [0, 0.1) is 0 Å². The van der Waals surface area contributed by atoms with E-state index in [9.17, 15) is 13.2 Å². The summed E-state index contributed by atoms with van der Waals surface area (Å²) in [5, 5.41) is 8.57. The van der Waals surface area contributed by atoms with E-state index in [2.05, 4.69) is 25.1 Å². The van der Waals surface area contributed by atoms with Gasteiger partial charge < -0.3 is 10.6 Å². The van der Waals surface area contributed by atoms with Crippen LogP contribution in [-0.4, -0.2) is 42.5 Å². The Kier molecular flexibility index (Phi) is 4.09. The molecule has 30 heavy (non-hydrogen) atoms. The van der Waals surface area contributed by atoms with E-state index in [0.29, 0.717) is 12.4 Å². The Morgan fingerprint density at radius 3 is 2.77 bits per heavy atom. The minimum absolute atomic E-state index is 0.00972. The Bertz CT molecular complexity index is 1240. The molecule has 5 rings (SSSR count). The molecular formula is C19H19F3N8. The van der Waals surface area contributed by atoms with Gasteiger partial charge in [0, 0.05) is 32.3 Å². The molecule has 2 N–H and O–H groups in total. The van der Waals surface area contributed by atoms with Crippen LogP contribution in [0.4, 0.5) is 24.8 Å². The maximum absolute atomic E-state index is 13.6. The highest BCUT2D eigenvalue weighted by molar-refractivity contribution is 5.95. The summed E-state index contributed by atoms with van der Waals surface area (Å²) in [7, 11) is 1.85. The number of anilines is 2. The van der Waals surface area contributed by atoms with E-state index in [0.717, 1.165) is 31.1 Å². The number of nitrogens with two attached hydrogens (primary N) is 1. The minimum atomic E-state index is -4.54. The second kappa shape index (κ2) is 6.57. The van der Waals surface area contributed by atoms with E-state index in [1.165, 1.54) is 16.6 Å². The number of halogens is 3. The molecule has 4 aromatic rings. The lowest BCUT2D eigenvalue weighted by Gasteiger charge is -2.32. The first-order valence-corrected chi connectivity index (χ1v) is 9.57. The molecule has 3 aromatic heterocycles. The van der Waals surface area contributed by atoms with Gasteiger partial charge in [0.25, 0.3) is 0 Å². The van der Waals surface area contributed by atoms with E-state index in [4.69, 9.17) is 5.73 Å². The van der Waals surface area contributed by atoms with Crippen LogP contribution in [0.25, 0.3) is 16.6 Å². The van der Waals surface area contributed by atoms with Gasteiger partial charge >= 0.3 is 6.18 Å². The molecule has 156 valence electrons. The summed E-state index contributed by atoms with van der Waals surface area (Å²) in [6.45, 7) is 1.53. The lowest BCUT2D eigenvalue weighted by Crippen LogP contribution is -2.34. The number of aryl methyl sites for hydroxylation is 1. The number of fused-ring (bicyclic) bond motifs is 3. The molecule has 1 unspecified atom stereocenters. The lowest BCUT2D eigenvalue weighted by molar-refractivity contribution is -0.136. The van der Waals surface area contributed by atoms with Gasteiger partial charge in [-0.05, 0) is 25.0 Å². The molecular weight excluding hydrogens is 397 g/mol. The van der Waals surface area contributed by atoms with Gasteiger partial charge in [0.2, 0.25) is 5.95 Å². The molecule has 8 nitrogen and oxygen atoms in total. The number of alkyl halides is 3. The number of hydrogen-bond donors (Lipinski definition) is 1. The monoisotopic (exact) mass is 416 g/mol. The van der Waals surface area contributed by atoms with E-state index in [-0.39, 0.29) is 28.4 Å². The number of aromatic nitrogens is 6. The maximum Gasteiger partial charge on any atom is 0.417 e.